The molecule has 96 valence electrons. The van der Waals surface area contributed by atoms with Crippen molar-refractivity contribution in [1.82, 2.24) is 5.32 Å². The molecule has 0 aromatic heterocycles. The summed E-state index contributed by atoms with van der Waals surface area (Å²) in [5, 5.41) is 22.2. The van der Waals surface area contributed by atoms with Crippen molar-refractivity contribution in [2.45, 2.75) is 38.8 Å². The van der Waals surface area contributed by atoms with Crippen LogP contribution in [0, 0.1) is 5.82 Å². The highest BCUT2D eigenvalue weighted by Crippen LogP contribution is 2.17. The maximum Gasteiger partial charge on any atom is 0.165 e. The third kappa shape index (κ3) is 3.98. The molecule has 0 heterocycles. The van der Waals surface area contributed by atoms with Crippen molar-refractivity contribution in [1.29, 1.82) is 0 Å². The Labute approximate surface area is 101 Å². The van der Waals surface area contributed by atoms with Gasteiger partial charge in [0, 0.05) is 13.1 Å². The first-order valence-electron chi connectivity index (χ1n) is 5.91. The van der Waals surface area contributed by atoms with Gasteiger partial charge in [-0.1, -0.05) is 19.9 Å². The summed E-state index contributed by atoms with van der Waals surface area (Å²) >= 11 is 0. The van der Waals surface area contributed by atoms with Crippen molar-refractivity contribution >= 4 is 0 Å². The molecule has 0 amide bonds. The Kier molecular flexibility index (Phi) is 4.90. The standard InChI is InChI=1S/C13H20FNO2/c1-3-13(17,4-2)9-15-8-10-5-6-12(16)11(14)7-10/h5-7,15-17H,3-4,8-9H2,1-2H3. The lowest BCUT2D eigenvalue weighted by Crippen LogP contribution is -2.39. The molecular formula is C13H20FNO2. The van der Waals surface area contributed by atoms with Gasteiger partial charge in [0.1, 0.15) is 0 Å². The summed E-state index contributed by atoms with van der Waals surface area (Å²) in [4.78, 5) is 0. The van der Waals surface area contributed by atoms with E-state index in [0.717, 1.165) is 5.56 Å². The minimum Gasteiger partial charge on any atom is -0.505 e. The average molecular weight is 241 g/mol. The fraction of sp³-hybridized carbons (Fsp3) is 0.538. The number of halogens is 1. The summed E-state index contributed by atoms with van der Waals surface area (Å²) < 4.78 is 13.0. The largest absolute Gasteiger partial charge is 0.505 e. The Morgan fingerprint density at radius 2 is 1.94 bits per heavy atom. The third-order valence-electron chi connectivity index (χ3n) is 3.11. The topological polar surface area (TPSA) is 52.5 Å². The molecule has 0 spiro atoms. The van der Waals surface area contributed by atoms with E-state index in [1.54, 1.807) is 6.07 Å². The summed E-state index contributed by atoms with van der Waals surface area (Å²) in [6.45, 7) is 4.82. The van der Waals surface area contributed by atoms with Gasteiger partial charge in [0.25, 0.3) is 0 Å². The van der Waals surface area contributed by atoms with Crippen LogP contribution in [-0.4, -0.2) is 22.4 Å². The highest BCUT2D eigenvalue weighted by Gasteiger charge is 2.21. The van der Waals surface area contributed by atoms with E-state index >= 15 is 0 Å². The van der Waals surface area contributed by atoms with Crippen molar-refractivity contribution < 1.29 is 14.6 Å². The van der Waals surface area contributed by atoms with E-state index in [2.05, 4.69) is 5.32 Å². The third-order valence-corrected chi connectivity index (χ3v) is 3.11. The van der Waals surface area contributed by atoms with Crippen molar-refractivity contribution in [3.63, 3.8) is 0 Å². The number of aromatic hydroxyl groups is 1. The van der Waals surface area contributed by atoms with Gasteiger partial charge in [-0.05, 0) is 30.5 Å². The summed E-state index contributed by atoms with van der Waals surface area (Å²) in [7, 11) is 0. The molecule has 1 rings (SSSR count). The minimum absolute atomic E-state index is 0.340. The molecule has 1 aromatic rings. The van der Waals surface area contributed by atoms with Crippen LogP contribution in [0.4, 0.5) is 4.39 Å². The molecule has 0 aliphatic rings. The first-order valence-corrected chi connectivity index (χ1v) is 5.91. The summed E-state index contributed by atoms with van der Waals surface area (Å²) in [5.41, 5.74) is 0.0463. The molecule has 0 fully saturated rings. The number of rotatable bonds is 6. The molecule has 0 aliphatic carbocycles. The molecule has 0 bridgehead atoms. The van der Waals surface area contributed by atoms with Gasteiger partial charge in [-0.25, -0.2) is 4.39 Å². The summed E-state index contributed by atoms with van der Waals surface area (Å²) in [6, 6.07) is 4.28. The van der Waals surface area contributed by atoms with Gasteiger partial charge in [-0.3, -0.25) is 0 Å². The van der Waals surface area contributed by atoms with E-state index in [0.29, 0.717) is 25.9 Å². The summed E-state index contributed by atoms with van der Waals surface area (Å²) in [5.74, 6) is -0.960. The molecule has 1 aromatic carbocycles. The second-order valence-corrected chi connectivity index (χ2v) is 4.32. The molecule has 0 saturated carbocycles. The average Bonchev–Trinajstić information content (AvgIpc) is 2.33. The Bertz CT molecular complexity index is 364. The predicted octanol–water partition coefficient (Wildman–Crippen LogP) is 2.17. The summed E-state index contributed by atoms with van der Waals surface area (Å²) in [6.07, 6.45) is 1.36. The Morgan fingerprint density at radius 3 is 2.47 bits per heavy atom. The molecule has 17 heavy (non-hydrogen) atoms. The molecule has 0 aliphatic heterocycles. The monoisotopic (exact) mass is 241 g/mol. The van der Waals surface area contributed by atoms with Gasteiger partial charge >= 0.3 is 0 Å². The van der Waals surface area contributed by atoms with Crippen molar-refractivity contribution in [3.8, 4) is 5.75 Å². The van der Waals surface area contributed by atoms with Gasteiger partial charge in [0.05, 0.1) is 5.60 Å². The van der Waals surface area contributed by atoms with Gasteiger partial charge in [0.15, 0.2) is 11.6 Å². The van der Waals surface area contributed by atoms with Gasteiger partial charge < -0.3 is 15.5 Å². The lowest BCUT2D eigenvalue weighted by molar-refractivity contribution is 0.0323. The maximum atomic E-state index is 13.0. The normalized spacial score (nSPS) is 11.8. The number of nitrogens with one attached hydrogen (secondary N) is 1. The molecule has 0 radical (unpaired) electrons. The fourth-order valence-electron chi connectivity index (χ4n) is 1.60. The first-order chi connectivity index (χ1) is 8.00. The highest BCUT2D eigenvalue weighted by molar-refractivity contribution is 5.27. The molecule has 0 unspecified atom stereocenters. The number of hydrogen-bond donors (Lipinski definition) is 3. The zero-order chi connectivity index (χ0) is 12.9. The van der Waals surface area contributed by atoms with Crippen LogP contribution in [0.2, 0.25) is 0 Å². The van der Waals surface area contributed by atoms with E-state index in [1.807, 2.05) is 13.8 Å². The van der Waals surface area contributed by atoms with Crippen LogP contribution in [-0.2, 0) is 6.54 Å². The molecule has 0 atom stereocenters. The Hall–Kier alpha value is -1.13. The number of phenols is 1. The van der Waals surface area contributed by atoms with Crippen molar-refractivity contribution in [2.24, 2.45) is 0 Å². The highest BCUT2D eigenvalue weighted by atomic mass is 19.1. The Balaban J connectivity index is 2.48. The maximum absolute atomic E-state index is 13.0. The number of phenolic OH excluding ortho intramolecular Hbond substituents is 1. The van der Waals surface area contributed by atoms with Crippen LogP contribution in [0.15, 0.2) is 18.2 Å². The van der Waals surface area contributed by atoms with Crippen molar-refractivity contribution in [2.75, 3.05) is 6.54 Å². The molecule has 3 nitrogen and oxygen atoms in total. The zero-order valence-corrected chi connectivity index (χ0v) is 10.3. The van der Waals surface area contributed by atoms with Crippen LogP contribution >= 0.6 is 0 Å². The second-order valence-electron chi connectivity index (χ2n) is 4.32. The van der Waals surface area contributed by atoms with E-state index in [9.17, 15) is 9.50 Å². The molecule has 0 saturated heterocycles. The molecular weight excluding hydrogens is 221 g/mol. The van der Waals surface area contributed by atoms with Gasteiger partial charge in [0.2, 0.25) is 0 Å². The van der Waals surface area contributed by atoms with Crippen LogP contribution < -0.4 is 5.32 Å². The van der Waals surface area contributed by atoms with Crippen LogP contribution in [0.5, 0.6) is 5.75 Å². The number of benzene rings is 1. The SMILES string of the molecule is CCC(O)(CC)CNCc1ccc(O)c(F)c1. The minimum atomic E-state index is -0.699. The second kappa shape index (κ2) is 5.98. The number of aliphatic hydroxyl groups is 1. The smallest absolute Gasteiger partial charge is 0.165 e. The molecule has 4 heteroatoms. The zero-order valence-electron chi connectivity index (χ0n) is 10.3. The van der Waals surface area contributed by atoms with E-state index < -0.39 is 11.4 Å². The van der Waals surface area contributed by atoms with Crippen LogP contribution in [0.1, 0.15) is 32.3 Å². The first kappa shape index (κ1) is 13.9. The van der Waals surface area contributed by atoms with E-state index in [1.165, 1.54) is 12.1 Å². The van der Waals surface area contributed by atoms with Crippen LogP contribution in [0.3, 0.4) is 0 Å². The van der Waals surface area contributed by atoms with Gasteiger partial charge in [-0.15, -0.1) is 0 Å². The Morgan fingerprint density at radius 1 is 1.29 bits per heavy atom. The van der Waals surface area contributed by atoms with E-state index in [-0.39, 0.29) is 5.75 Å². The predicted molar refractivity (Wildman–Crippen MR) is 65.3 cm³/mol. The van der Waals surface area contributed by atoms with Crippen LogP contribution in [0.25, 0.3) is 0 Å². The van der Waals surface area contributed by atoms with Gasteiger partial charge in [-0.2, -0.15) is 0 Å². The molecule has 3 N–H and O–H groups in total. The lowest BCUT2D eigenvalue weighted by atomic mass is 9.97. The fourth-order valence-corrected chi connectivity index (χ4v) is 1.60. The van der Waals surface area contributed by atoms with E-state index in [4.69, 9.17) is 5.11 Å². The quantitative estimate of drug-likeness (QED) is 0.715. The number of hydrogen-bond acceptors (Lipinski definition) is 3. The van der Waals surface area contributed by atoms with Crippen molar-refractivity contribution in [3.05, 3.63) is 29.6 Å². The lowest BCUT2D eigenvalue weighted by Gasteiger charge is -2.25.